The van der Waals surface area contributed by atoms with Crippen molar-refractivity contribution in [3.63, 3.8) is 0 Å². The van der Waals surface area contributed by atoms with Crippen molar-refractivity contribution in [1.29, 1.82) is 5.26 Å². The van der Waals surface area contributed by atoms with Crippen molar-refractivity contribution in [2.45, 2.75) is 11.2 Å². The number of aliphatic hydroxyl groups excluding tert-OH is 1. The van der Waals surface area contributed by atoms with E-state index in [2.05, 4.69) is 0 Å². The van der Waals surface area contributed by atoms with Crippen molar-refractivity contribution in [3.8, 4) is 11.8 Å². The third kappa shape index (κ3) is 2.09. The predicted molar refractivity (Wildman–Crippen MR) is 69.5 cm³/mol. The molecule has 1 aromatic rings. The molecule has 0 bridgehead atoms. The van der Waals surface area contributed by atoms with Gasteiger partial charge < -0.3 is 9.84 Å². The maximum absolute atomic E-state index is 11.7. The van der Waals surface area contributed by atoms with E-state index in [-0.39, 0.29) is 0 Å². The normalized spacial score (nSPS) is 29.6. The van der Waals surface area contributed by atoms with Crippen LogP contribution in [0.25, 0.3) is 0 Å². The van der Waals surface area contributed by atoms with E-state index in [1.54, 1.807) is 31.4 Å². The Hall–Kier alpha value is -1.58. The molecule has 5 nitrogen and oxygen atoms in total. The van der Waals surface area contributed by atoms with Gasteiger partial charge in [0.25, 0.3) is 0 Å². The van der Waals surface area contributed by atoms with Crippen LogP contribution in [0.2, 0.25) is 0 Å². The van der Waals surface area contributed by atoms with Gasteiger partial charge in [-0.15, -0.1) is 0 Å². The first-order chi connectivity index (χ1) is 8.90. The highest BCUT2D eigenvalue weighted by atomic mass is 32.2. The van der Waals surface area contributed by atoms with E-state index in [1.807, 2.05) is 6.07 Å². The third-order valence-corrected chi connectivity index (χ3v) is 5.28. The molecular formula is C13H15NO4S. The summed E-state index contributed by atoms with van der Waals surface area (Å²) in [5.74, 6) is 0.176. The van der Waals surface area contributed by atoms with Gasteiger partial charge in [0.05, 0.1) is 25.0 Å². The van der Waals surface area contributed by atoms with E-state index in [0.717, 1.165) is 11.8 Å². The topological polar surface area (TPSA) is 87.4 Å². The second-order valence-corrected chi connectivity index (χ2v) is 6.98. The zero-order chi connectivity index (χ0) is 14.3. The molecule has 0 aliphatic heterocycles. The molecule has 0 unspecified atom stereocenters. The van der Waals surface area contributed by atoms with Crippen LogP contribution in [-0.2, 0) is 9.84 Å². The van der Waals surface area contributed by atoms with Crippen molar-refractivity contribution >= 4 is 9.84 Å². The van der Waals surface area contributed by atoms with Gasteiger partial charge in [-0.2, -0.15) is 5.26 Å². The summed E-state index contributed by atoms with van der Waals surface area (Å²) in [5.41, 5.74) is -0.492. The lowest BCUT2D eigenvalue weighted by molar-refractivity contribution is 0.242. The highest BCUT2D eigenvalue weighted by Crippen LogP contribution is 2.62. The van der Waals surface area contributed by atoms with Crippen LogP contribution in [0.15, 0.2) is 24.3 Å². The fraction of sp³-hybridized carbons (Fsp3) is 0.462. The van der Waals surface area contributed by atoms with Gasteiger partial charge in [0.2, 0.25) is 0 Å². The van der Waals surface area contributed by atoms with Gasteiger partial charge in [-0.25, -0.2) is 8.42 Å². The Morgan fingerprint density at radius 1 is 1.42 bits per heavy atom. The van der Waals surface area contributed by atoms with Crippen LogP contribution >= 0.6 is 0 Å². The van der Waals surface area contributed by atoms with E-state index >= 15 is 0 Å². The molecule has 1 aliphatic carbocycles. The average Bonchev–Trinajstić information content (AvgIpc) is 3.09. The minimum absolute atomic E-state index is 0.460. The molecule has 1 aromatic carbocycles. The van der Waals surface area contributed by atoms with Gasteiger partial charge in [-0.3, -0.25) is 0 Å². The average molecular weight is 281 g/mol. The van der Waals surface area contributed by atoms with E-state index in [4.69, 9.17) is 4.74 Å². The van der Waals surface area contributed by atoms with Gasteiger partial charge in [0.15, 0.2) is 9.84 Å². The number of rotatable bonds is 4. The van der Waals surface area contributed by atoms with Gasteiger partial charge in [0, 0.05) is 12.2 Å². The number of nitriles is 1. The van der Waals surface area contributed by atoms with Crippen molar-refractivity contribution in [2.75, 3.05) is 20.0 Å². The number of methoxy groups -OCH3 is 1. The maximum atomic E-state index is 11.7. The minimum atomic E-state index is -3.39. The van der Waals surface area contributed by atoms with Crippen molar-refractivity contribution in [3.05, 3.63) is 29.8 Å². The lowest BCUT2D eigenvalue weighted by Crippen LogP contribution is -2.16. The number of ether oxygens (including phenoxy) is 1. The Morgan fingerprint density at radius 3 is 2.32 bits per heavy atom. The second-order valence-electron chi connectivity index (χ2n) is 4.81. The number of aliphatic hydroxyl groups is 1. The Morgan fingerprint density at radius 2 is 2.00 bits per heavy atom. The van der Waals surface area contributed by atoms with Gasteiger partial charge in [0.1, 0.15) is 11.2 Å². The molecular weight excluding hydrogens is 266 g/mol. The summed E-state index contributed by atoms with van der Waals surface area (Å²) < 4.78 is 28.5. The van der Waals surface area contributed by atoms with Crippen LogP contribution < -0.4 is 4.74 Å². The molecule has 1 fully saturated rings. The summed E-state index contributed by atoms with van der Waals surface area (Å²) >= 11 is 0. The smallest absolute Gasteiger partial charge is 0.152 e. The van der Waals surface area contributed by atoms with Crippen molar-refractivity contribution in [2.24, 2.45) is 5.41 Å². The van der Waals surface area contributed by atoms with Crippen LogP contribution in [0.5, 0.6) is 5.75 Å². The van der Waals surface area contributed by atoms with Gasteiger partial charge in [-0.05, 0) is 17.7 Å². The molecule has 1 aliphatic rings. The van der Waals surface area contributed by atoms with Crippen LogP contribution in [-0.4, -0.2) is 38.7 Å². The number of hydrogen-bond donors (Lipinski definition) is 1. The fourth-order valence-corrected chi connectivity index (χ4v) is 4.53. The molecule has 0 spiro atoms. The standard InChI is InChI=1S/C13H15NO4S/c1-18-10-5-3-9(4-6-10)11-12(19(2,16)17)13(11,7-14)8-15/h3-6,11-12,15H,8H2,1-2H3/t11-,12-,13-/m0/s1. The monoisotopic (exact) mass is 281 g/mol. The number of benzene rings is 1. The summed E-state index contributed by atoms with van der Waals surface area (Å²) in [5, 5.41) is 17.8. The molecule has 3 atom stereocenters. The predicted octanol–water partition coefficient (Wildman–Crippen LogP) is 0.708. The Bertz CT molecular complexity index is 617. The highest BCUT2D eigenvalue weighted by molar-refractivity contribution is 7.91. The Kier molecular flexibility index (Phi) is 3.29. The molecule has 0 heterocycles. The van der Waals surface area contributed by atoms with Gasteiger partial charge in [-0.1, -0.05) is 12.1 Å². The van der Waals surface area contributed by atoms with Crippen molar-refractivity contribution in [1.82, 2.24) is 0 Å². The molecule has 19 heavy (non-hydrogen) atoms. The number of sulfone groups is 1. The molecule has 102 valence electrons. The van der Waals surface area contributed by atoms with Crippen LogP contribution in [0.4, 0.5) is 0 Å². The molecule has 0 aromatic heterocycles. The zero-order valence-corrected chi connectivity index (χ0v) is 11.5. The number of hydrogen-bond acceptors (Lipinski definition) is 5. The summed E-state index contributed by atoms with van der Waals surface area (Å²) in [6.07, 6.45) is 1.10. The zero-order valence-electron chi connectivity index (χ0n) is 10.7. The Balaban J connectivity index is 2.41. The first kappa shape index (κ1) is 13.8. The van der Waals surface area contributed by atoms with Crippen LogP contribution in [0.1, 0.15) is 11.5 Å². The van der Waals surface area contributed by atoms with Crippen LogP contribution in [0.3, 0.4) is 0 Å². The van der Waals surface area contributed by atoms with E-state index in [1.165, 1.54) is 0 Å². The molecule has 1 saturated carbocycles. The molecule has 0 saturated heterocycles. The van der Waals surface area contributed by atoms with Crippen LogP contribution in [0, 0.1) is 16.7 Å². The minimum Gasteiger partial charge on any atom is -0.497 e. The fourth-order valence-electron chi connectivity index (χ4n) is 2.67. The molecule has 6 heteroatoms. The molecule has 0 radical (unpaired) electrons. The molecule has 2 rings (SSSR count). The molecule has 1 N–H and O–H groups in total. The van der Waals surface area contributed by atoms with E-state index in [9.17, 15) is 18.8 Å². The summed E-state index contributed by atoms with van der Waals surface area (Å²) in [7, 11) is -1.85. The highest BCUT2D eigenvalue weighted by Gasteiger charge is 2.70. The first-order valence-electron chi connectivity index (χ1n) is 5.75. The lowest BCUT2D eigenvalue weighted by atomic mass is 10.0. The van der Waals surface area contributed by atoms with Gasteiger partial charge >= 0.3 is 0 Å². The largest absolute Gasteiger partial charge is 0.497 e. The summed E-state index contributed by atoms with van der Waals surface area (Å²) in [4.78, 5) is 0. The lowest BCUT2D eigenvalue weighted by Gasteiger charge is -2.04. The summed E-state index contributed by atoms with van der Waals surface area (Å²) in [6, 6.07) is 8.87. The number of nitrogens with zero attached hydrogens (tertiary/aromatic N) is 1. The quantitative estimate of drug-likeness (QED) is 0.878. The third-order valence-electron chi connectivity index (χ3n) is 3.66. The second kappa shape index (κ2) is 4.51. The Labute approximate surface area is 112 Å². The van der Waals surface area contributed by atoms with E-state index in [0.29, 0.717) is 5.75 Å². The molecule has 0 amide bonds. The van der Waals surface area contributed by atoms with Crippen molar-refractivity contribution < 1.29 is 18.3 Å². The maximum Gasteiger partial charge on any atom is 0.152 e. The first-order valence-corrected chi connectivity index (χ1v) is 7.71. The van der Waals surface area contributed by atoms with E-state index < -0.39 is 33.0 Å². The summed E-state index contributed by atoms with van der Waals surface area (Å²) in [6.45, 7) is -0.460. The SMILES string of the molecule is COc1ccc([C@H]2[C@H](S(C)(=O)=O)[C@@]2(C#N)CO)cc1.